The van der Waals surface area contributed by atoms with Crippen LogP contribution < -0.4 is 9.47 Å². The fourth-order valence-electron chi connectivity index (χ4n) is 2.32. The maximum absolute atomic E-state index is 12.1. The Kier molecular flexibility index (Phi) is 4.48. The van der Waals surface area contributed by atoms with Crippen LogP contribution >= 0.6 is 0 Å². The van der Waals surface area contributed by atoms with Crippen LogP contribution in [0.15, 0.2) is 48.9 Å². The number of likely N-dealkylation sites (tertiary alicyclic amines) is 1. The molecular weight excluding hydrogens is 282 g/mol. The van der Waals surface area contributed by atoms with Crippen LogP contribution in [0.25, 0.3) is 0 Å². The fourth-order valence-corrected chi connectivity index (χ4v) is 2.32. The van der Waals surface area contributed by atoms with Crippen LogP contribution in [0.2, 0.25) is 0 Å². The predicted molar refractivity (Wildman–Crippen MR) is 79.6 cm³/mol. The first-order valence-electron chi connectivity index (χ1n) is 7.19. The van der Waals surface area contributed by atoms with Gasteiger partial charge in [-0.3, -0.25) is 9.78 Å². The van der Waals surface area contributed by atoms with E-state index in [9.17, 15) is 4.79 Å². The molecule has 1 amide bonds. The van der Waals surface area contributed by atoms with Crippen LogP contribution in [-0.2, 0) is 4.79 Å². The van der Waals surface area contributed by atoms with Gasteiger partial charge in [-0.2, -0.15) is 0 Å². The number of ether oxygens (including phenoxy) is 2. The number of carbonyl (C=O) groups is 1. The van der Waals surface area contributed by atoms with Gasteiger partial charge < -0.3 is 14.4 Å². The molecular formula is C16H17N3O3. The summed E-state index contributed by atoms with van der Waals surface area (Å²) in [7, 11) is 0. The molecule has 0 aliphatic carbocycles. The van der Waals surface area contributed by atoms with Crippen LogP contribution in [-0.4, -0.2) is 46.6 Å². The Morgan fingerprint density at radius 2 is 2.14 bits per heavy atom. The maximum Gasteiger partial charge on any atom is 0.260 e. The lowest BCUT2D eigenvalue weighted by molar-refractivity contribution is -0.132. The number of para-hydroxylation sites is 1. The molecule has 6 heteroatoms. The van der Waals surface area contributed by atoms with Crippen molar-refractivity contribution in [2.75, 3.05) is 19.7 Å². The Labute approximate surface area is 128 Å². The van der Waals surface area contributed by atoms with E-state index in [0.29, 0.717) is 24.7 Å². The Bertz CT molecular complexity index is 607. The van der Waals surface area contributed by atoms with Crippen LogP contribution in [0.4, 0.5) is 0 Å². The maximum atomic E-state index is 12.1. The van der Waals surface area contributed by atoms with Gasteiger partial charge in [0.2, 0.25) is 5.88 Å². The Hall–Kier alpha value is -2.63. The summed E-state index contributed by atoms with van der Waals surface area (Å²) in [5.74, 6) is 1.15. The zero-order valence-electron chi connectivity index (χ0n) is 12.1. The lowest BCUT2D eigenvalue weighted by Crippen LogP contribution is -2.34. The second-order valence-electron chi connectivity index (χ2n) is 5.01. The van der Waals surface area contributed by atoms with Gasteiger partial charge in [-0.05, 0) is 12.1 Å². The van der Waals surface area contributed by atoms with Crippen molar-refractivity contribution in [2.24, 2.45) is 0 Å². The third-order valence-corrected chi connectivity index (χ3v) is 3.43. The van der Waals surface area contributed by atoms with Crippen molar-refractivity contribution in [2.45, 2.75) is 12.5 Å². The number of hydrogen-bond acceptors (Lipinski definition) is 5. The summed E-state index contributed by atoms with van der Waals surface area (Å²) >= 11 is 0. The Morgan fingerprint density at radius 3 is 2.91 bits per heavy atom. The molecule has 0 spiro atoms. The Morgan fingerprint density at radius 1 is 1.27 bits per heavy atom. The fraction of sp³-hybridized carbons (Fsp3) is 0.312. The normalized spacial score (nSPS) is 17.3. The number of aromatic nitrogens is 2. The van der Waals surface area contributed by atoms with E-state index < -0.39 is 0 Å². The Balaban J connectivity index is 1.46. The van der Waals surface area contributed by atoms with Crippen molar-refractivity contribution in [3.63, 3.8) is 0 Å². The monoisotopic (exact) mass is 299 g/mol. The minimum Gasteiger partial charge on any atom is -0.484 e. The average molecular weight is 299 g/mol. The molecule has 0 radical (unpaired) electrons. The van der Waals surface area contributed by atoms with Gasteiger partial charge in [0, 0.05) is 25.4 Å². The van der Waals surface area contributed by atoms with Crippen molar-refractivity contribution >= 4 is 5.91 Å². The molecule has 0 N–H and O–H groups in total. The highest BCUT2D eigenvalue weighted by atomic mass is 16.5. The van der Waals surface area contributed by atoms with E-state index in [2.05, 4.69) is 9.97 Å². The summed E-state index contributed by atoms with van der Waals surface area (Å²) in [4.78, 5) is 21.9. The predicted octanol–water partition coefficient (Wildman–Crippen LogP) is 1.54. The van der Waals surface area contributed by atoms with Gasteiger partial charge in [0.25, 0.3) is 5.91 Å². The van der Waals surface area contributed by atoms with Gasteiger partial charge in [0.05, 0.1) is 12.7 Å². The van der Waals surface area contributed by atoms with Gasteiger partial charge in [0.1, 0.15) is 11.9 Å². The lowest BCUT2D eigenvalue weighted by atomic mass is 10.3. The summed E-state index contributed by atoms with van der Waals surface area (Å²) in [6.07, 6.45) is 5.49. The molecule has 0 bridgehead atoms. The molecule has 1 aromatic carbocycles. The highest BCUT2D eigenvalue weighted by molar-refractivity contribution is 5.78. The first-order chi connectivity index (χ1) is 10.8. The van der Waals surface area contributed by atoms with Crippen molar-refractivity contribution in [1.29, 1.82) is 0 Å². The topological polar surface area (TPSA) is 64.5 Å². The number of carbonyl (C=O) groups excluding carboxylic acids is 1. The van der Waals surface area contributed by atoms with E-state index in [1.54, 1.807) is 23.5 Å². The largest absolute Gasteiger partial charge is 0.484 e. The summed E-state index contributed by atoms with van der Waals surface area (Å²) < 4.78 is 11.2. The van der Waals surface area contributed by atoms with Gasteiger partial charge in [-0.15, -0.1) is 0 Å². The number of nitrogens with zero attached hydrogens (tertiary/aromatic N) is 3. The minimum absolute atomic E-state index is 0.0332. The van der Waals surface area contributed by atoms with Crippen LogP contribution in [0.1, 0.15) is 6.42 Å². The first-order valence-corrected chi connectivity index (χ1v) is 7.19. The first kappa shape index (κ1) is 14.3. The standard InChI is InChI=1S/C16H17N3O3/c20-16(12-21-13-4-2-1-3-5-13)19-9-6-14(11-19)22-15-10-17-7-8-18-15/h1-5,7-8,10,14H,6,9,11-12H2. The summed E-state index contributed by atoms with van der Waals surface area (Å²) in [5, 5.41) is 0. The molecule has 1 atom stereocenters. The SMILES string of the molecule is O=C(COc1ccccc1)N1CCC(Oc2cnccn2)C1. The molecule has 1 unspecified atom stereocenters. The summed E-state index contributed by atoms with van der Waals surface area (Å²) in [6, 6.07) is 9.32. The number of hydrogen-bond donors (Lipinski definition) is 0. The van der Waals surface area contributed by atoms with Gasteiger partial charge >= 0.3 is 0 Å². The van der Waals surface area contributed by atoms with Crippen LogP contribution in [0.3, 0.4) is 0 Å². The quantitative estimate of drug-likeness (QED) is 0.838. The van der Waals surface area contributed by atoms with Crippen LogP contribution in [0.5, 0.6) is 11.6 Å². The van der Waals surface area contributed by atoms with E-state index in [1.165, 1.54) is 0 Å². The van der Waals surface area contributed by atoms with E-state index in [-0.39, 0.29) is 18.6 Å². The molecule has 0 saturated carbocycles. The summed E-state index contributed by atoms with van der Waals surface area (Å²) in [6.45, 7) is 1.26. The molecule has 1 saturated heterocycles. The number of rotatable bonds is 5. The van der Waals surface area contributed by atoms with Crippen LogP contribution in [0, 0.1) is 0 Å². The molecule has 1 aliphatic rings. The molecule has 2 heterocycles. The van der Waals surface area contributed by atoms with Crippen molar-refractivity contribution in [3.05, 3.63) is 48.9 Å². The number of amides is 1. The highest BCUT2D eigenvalue weighted by Crippen LogP contribution is 2.16. The van der Waals surface area contributed by atoms with Gasteiger partial charge in [-0.25, -0.2) is 4.98 Å². The van der Waals surface area contributed by atoms with Gasteiger partial charge in [0.15, 0.2) is 6.61 Å². The minimum atomic E-state index is -0.0441. The highest BCUT2D eigenvalue weighted by Gasteiger charge is 2.28. The molecule has 114 valence electrons. The molecule has 1 aromatic heterocycles. The average Bonchev–Trinajstić information content (AvgIpc) is 3.03. The third kappa shape index (κ3) is 3.72. The van der Waals surface area contributed by atoms with E-state index in [4.69, 9.17) is 9.47 Å². The molecule has 1 aliphatic heterocycles. The molecule has 2 aromatic rings. The third-order valence-electron chi connectivity index (χ3n) is 3.43. The van der Waals surface area contributed by atoms with E-state index >= 15 is 0 Å². The van der Waals surface area contributed by atoms with Crippen molar-refractivity contribution in [3.8, 4) is 11.6 Å². The van der Waals surface area contributed by atoms with E-state index in [1.807, 2.05) is 30.3 Å². The second kappa shape index (κ2) is 6.89. The lowest BCUT2D eigenvalue weighted by Gasteiger charge is -2.17. The van der Waals surface area contributed by atoms with Crippen molar-refractivity contribution < 1.29 is 14.3 Å². The van der Waals surface area contributed by atoms with E-state index in [0.717, 1.165) is 6.42 Å². The smallest absolute Gasteiger partial charge is 0.260 e. The van der Waals surface area contributed by atoms with Crippen molar-refractivity contribution in [1.82, 2.24) is 14.9 Å². The molecule has 22 heavy (non-hydrogen) atoms. The zero-order valence-corrected chi connectivity index (χ0v) is 12.1. The zero-order chi connectivity index (χ0) is 15.2. The molecule has 3 rings (SSSR count). The molecule has 1 fully saturated rings. The summed E-state index contributed by atoms with van der Waals surface area (Å²) in [5.41, 5.74) is 0. The number of benzene rings is 1. The second-order valence-corrected chi connectivity index (χ2v) is 5.01. The van der Waals surface area contributed by atoms with Gasteiger partial charge in [-0.1, -0.05) is 18.2 Å². The molecule has 6 nitrogen and oxygen atoms in total.